The summed E-state index contributed by atoms with van der Waals surface area (Å²) in [6, 6.07) is 0. The van der Waals surface area contributed by atoms with Crippen molar-refractivity contribution in [2.75, 3.05) is 6.61 Å². The molecule has 0 unspecified atom stereocenters. The Morgan fingerprint density at radius 1 is 1.22 bits per heavy atom. The molecule has 0 amide bonds. The van der Waals surface area contributed by atoms with Gasteiger partial charge in [0.05, 0.1) is 0 Å². The first-order chi connectivity index (χ1) is 3.15. The average molecular weight is 159 g/mol. The number of hydrogen-bond donors (Lipinski definition) is 1. The van der Waals surface area contributed by atoms with E-state index in [-0.39, 0.29) is 45.9 Å². The third-order valence-corrected chi connectivity index (χ3v) is 0. The Kier molecular flexibility index (Phi) is 57.8. The van der Waals surface area contributed by atoms with Gasteiger partial charge in [-0.25, -0.2) is 0 Å². The van der Waals surface area contributed by atoms with E-state index >= 15 is 0 Å². The Balaban J connectivity index is -0.0000000233. The van der Waals surface area contributed by atoms with Gasteiger partial charge in [0.25, 0.3) is 0 Å². The summed E-state index contributed by atoms with van der Waals surface area (Å²) < 4.78 is 0. The van der Waals surface area contributed by atoms with Gasteiger partial charge >= 0.3 is 23.1 Å². The van der Waals surface area contributed by atoms with Crippen LogP contribution in [0.3, 0.4) is 0 Å². The minimum Gasteiger partial charge on any atom is -0.397 e. The molecular weight excluding hydrogens is 140 g/mol. The van der Waals surface area contributed by atoms with E-state index in [1.807, 2.05) is 0 Å². The van der Waals surface area contributed by atoms with Gasteiger partial charge in [-0.15, -0.1) is 0 Å². The summed E-state index contributed by atoms with van der Waals surface area (Å²) in [5, 5.41) is 7.57. The van der Waals surface area contributed by atoms with Gasteiger partial charge in [-0.3, -0.25) is 8.80 Å². The quantitative estimate of drug-likeness (QED) is 0.418. The molecule has 0 saturated carbocycles. The summed E-state index contributed by atoms with van der Waals surface area (Å²) in [5.74, 6) is 0. The first kappa shape index (κ1) is 22.5. The van der Waals surface area contributed by atoms with Gasteiger partial charge in [0.2, 0.25) is 0 Å². The van der Waals surface area contributed by atoms with Crippen LogP contribution in [0.2, 0.25) is 19.6 Å². The van der Waals surface area contributed by atoms with Gasteiger partial charge in [-0.1, -0.05) is 0 Å². The zero-order chi connectivity index (χ0) is 6.28. The van der Waals surface area contributed by atoms with E-state index in [0.29, 0.717) is 0 Å². The predicted octanol–water partition coefficient (Wildman–Crippen LogP) is 1.44. The van der Waals surface area contributed by atoms with Crippen LogP contribution in [0, 0.1) is 7.43 Å². The van der Waals surface area contributed by atoms with Crippen molar-refractivity contribution in [3.63, 3.8) is 0 Å². The molecule has 0 radical (unpaired) electrons. The molecule has 3 heteroatoms. The molecule has 0 aromatic heterocycles. The third kappa shape index (κ3) is 485. The summed E-state index contributed by atoms with van der Waals surface area (Å²) >= 11 is 0. The van der Waals surface area contributed by atoms with Crippen LogP contribution in [0.4, 0.5) is 0 Å². The molecule has 9 heavy (non-hydrogen) atoms. The van der Waals surface area contributed by atoms with Gasteiger partial charge in [0.15, 0.2) is 0 Å². The zero-order valence-electron chi connectivity index (χ0n) is 7.36. The molecule has 0 aromatic rings. The van der Waals surface area contributed by atoms with E-state index in [4.69, 9.17) is 5.11 Å². The maximum Gasteiger partial charge on any atom is 2.00 e. The normalized spacial score (nSPS) is 6.00. The van der Waals surface area contributed by atoms with Crippen molar-refractivity contribution in [3.8, 4) is 0 Å². The maximum absolute atomic E-state index is 7.57. The van der Waals surface area contributed by atoms with Crippen molar-refractivity contribution in [2.24, 2.45) is 0 Å². The second-order valence-corrected chi connectivity index (χ2v) is 4.82. The monoisotopic (exact) mass is 158 g/mol. The van der Waals surface area contributed by atoms with Gasteiger partial charge in [0.1, 0.15) is 0 Å². The van der Waals surface area contributed by atoms with Crippen LogP contribution in [0.15, 0.2) is 0 Å². The number of aliphatic hydroxyl groups excluding tert-OH is 1. The molecular formula is C6H18MgOSi. The Bertz CT molecular complexity index is 24.3. The summed E-state index contributed by atoms with van der Waals surface area (Å²) in [4.78, 5) is 0. The topological polar surface area (TPSA) is 20.2 Å². The van der Waals surface area contributed by atoms with Crippen molar-refractivity contribution >= 4 is 31.8 Å². The Morgan fingerprint density at radius 3 is 1.22 bits per heavy atom. The molecule has 0 spiro atoms. The fourth-order valence-electron chi connectivity index (χ4n) is 0. The van der Waals surface area contributed by atoms with Gasteiger partial charge < -0.3 is 12.5 Å². The molecule has 1 nitrogen and oxygen atoms in total. The molecule has 0 aliphatic carbocycles. The van der Waals surface area contributed by atoms with Gasteiger partial charge in [0, 0.05) is 6.61 Å². The maximum atomic E-state index is 7.57. The van der Waals surface area contributed by atoms with E-state index in [1.165, 1.54) is 0 Å². The van der Waals surface area contributed by atoms with Gasteiger partial charge in [-0.05, 0) is 6.92 Å². The van der Waals surface area contributed by atoms with E-state index in [1.54, 1.807) is 6.92 Å². The summed E-state index contributed by atoms with van der Waals surface area (Å²) in [6.45, 7) is 8.74. The van der Waals surface area contributed by atoms with Crippen molar-refractivity contribution in [1.82, 2.24) is 0 Å². The van der Waals surface area contributed by atoms with Crippen molar-refractivity contribution < 1.29 is 5.11 Å². The molecule has 0 rings (SSSR count). The second kappa shape index (κ2) is 23.1. The fourth-order valence-corrected chi connectivity index (χ4v) is 0. The number of rotatable bonds is 0. The van der Waals surface area contributed by atoms with Crippen molar-refractivity contribution in [3.05, 3.63) is 7.43 Å². The average Bonchev–Trinajstić information content (AvgIpc) is 1.33. The Morgan fingerprint density at radius 2 is 1.22 bits per heavy atom. The third-order valence-electron chi connectivity index (χ3n) is 0. The van der Waals surface area contributed by atoms with E-state index < -0.39 is 0 Å². The Hall–Kier alpha value is 0.943. The first-order valence-electron chi connectivity index (χ1n) is 2.52. The second-order valence-electron chi connectivity index (χ2n) is 1.82. The predicted molar refractivity (Wildman–Crippen MR) is 48.3 cm³/mol. The molecule has 1 N–H and O–H groups in total. The van der Waals surface area contributed by atoms with Crippen LogP contribution >= 0.6 is 0 Å². The molecule has 0 atom stereocenters. The standard InChI is InChI=1S/C3H9Si.C2H6O.CH3.Mg/c1-4(2)3;1-2-3;;/h1-3H3;3H,2H2,1H3;1H3;/q-1;;-1;+2. The van der Waals surface area contributed by atoms with Crippen LogP contribution in [0.5, 0.6) is 0 Å². The molecule has 0 fully saturated rings. The van der Waals surface area contributed by atoms with E-state index in [2.05, 4.69) is 19.6 Å². The summed E-state index contributed by atoms with van der Waals surface area (Å²) in [5.41, 5.74) is 0. The van der Waals surface area contributed by atoms with Gasteiger partial charge in [-0.2, -0.15) is 19.6 Å². The molecule has 0 aliphatic rings. The molecule has 0 bridgehead atoms. The molecule has 0 saturated heterocycles. The minimum absolute atomic E-state index is 0. The Labute approximate surface area is 77.6 Å². The molecule has 54 valence electrons. The summed E-state index contributed by atoms with van der Waals surface area (Å²) in [7, 11) is 0.120. The van der Waals surface area contributed by atoms with Crippen LogP contribution in [-0.2, 0) is 0 Å². The van der Waals surface area contributed by atoms with E-state index in [0.717, 1.165) is 0 Å². The first-order valence-corrected chi connectivity index (χ1v) is 5.52. The minimum atomic E-state index is 0. The molecule has 0 aromatic carbocycles. The van der Waals surface area contributed by atoms with Crippen LogP contribution in [0.1, 0.15) is 6.92 Å². The fraction of sp³-hybridized carbons (Fsp3) is 0.833. The molecule has 0 aliphatic heterocycles. The zero-order valence-corrected chi connectivity index (χ0v) is 9.78. The summed E-state index contributed by atoms with van der Waals surface area (Å²) in [6.07, 6.45) is 0. The van der Waals surface area contributed by atoms with Crippen LogP contribution < -0.4 is 0 Å². The number of aliphatic hydroxyl groups is 1. The van der Waals surface area contributed by atoms with Crippen LogP contribution in [0.25, 0.3) is 0 Å². The van der Waals surface area contributed by atoms with Crippen molar-refractivity contribution in [2.45, 2.75) is 26.6 Å². The SMILES string of the molecule is CCO.C[Si-](C)C.[CH3-].[Mg+2]. The number of hydrogen-bond acceptors (Lipinski definition) is 1. The van der Waals surface area contributed by atoms with Crippen molar-refractivity contribution in [1.29, 1.82) is 0 Å². The van der Waals surface area contributed by atoms with E-state index in [9.17, 15) is 0 Å². The largest absolute Gasteiger partial charge is 2.00 e. The molecule has 0 heterocycles. The van der Waals surface area contributed by atoms with Crippen LogP contribution in [-0.4, -0.2) is 43.6 Å². The smallest absolute Gasteiger partial charge is 0.397 e.